The van der Waals surface area contributed by atoms with Crippen molar-refractivity contribution in [2.24, 2.45) is 0 Å². The highest BCUT2D eigenvalue weighted by Crippen LogP contribution is 1.16. The van der Waals surface area contributed by atoms with Crippen LogP contribution in [-0.2, 0) is 0 Å². The monoisotopic (exact) mass is 58.0 g/mol. The molecule has 0 heterocycles. The molecule has 0 atom stereocenters. The summed E-state index contributed by atoms with van der Waals surface area (Å²) in [6.07, 6.45) is 0. The molecule has 0 aliphatic heterocycles. The Bertz CT molecular complexity index is 24.3. The third-order valence-electron chi connectivity index (χ3n) is 0. The third kappa shape index (κ3) is 1.26. The average Bonchev–Trinajstić information content (AvgIpc) is 0.918. The summed E-state index contributed by atoms with van der Waals surface area (Å²) in [6.45, 7) is 6.25. The Morgan fingerprint density at radius 3 is 1.25 bits per heavy atom. The Morgan fingerprint density at radius 2 is 1.25 bits per heavy atom. The zero-order chi connectivity index (χ0) is 2.71. The van der Waals surface area contributed by atoms with E-state index in [2.05, 4.69) is 18.9 Å². The number of rotatable bonds is 0. The first kappa shape index (κ1) is 9.77. The number of hydrogen-bond acceptors (Lipinski definition) is 0. The zero-order valence-electron chi connectivity index (χ0n) is 2.41. The van der Waals surface area contributed by atoms with Gasteiger partial charge in [0.2, 0.25) is 0 Å². The molecule has 1 nitrogen and oxygen atoms in total. The highest BCUT2D eigenvalue weighted by atomic mass is 16.0. The fourth-order valence-corrected chi connectivity index (χ4v) is 0. The van der Waals surface area contributed by atoms with Crippen LogP contribution in [-0.4, -0.2) is 5.48 Å². The van der Waals surface area contributed by atoms with E-state index >= 15 is 0 Å². The molecular weight excluding hydrogens is 52.0 g/mol. The molecular formula is C3H6O. The van der Waals surface area contributed by atoms with Crippen LogP contribution in [0.2, 0.25) is 0 Å². The summed E-state index contributed by atoms with van der Waals surface area (Å²) in [4.78, 5) is 0. The molecule has 0 aromatic rings. The molecule has 2 N–H and O–H groups in total. The minimum Gasteiger partial charge on any atom is -0.412 e. The predicted octanol–water partition coefficient (Wildman–Crippen LogP) is 0.133. The molecule has 0 saturated heterocycles. The SMILES string of the molecule is C=C=C.O. The van der Waals surface area contributed by atoms with E-state index in [-0.39, 0.29) is 5.48 Å². The van der Waals surface area contributed by atoms with Crippen LogP contribution in [0, 0.1) is 0 Å². The Hall–Kier alpha value is -0.520. The molecule has 0 aliphatic carbocycles. The van der Waals surface area contributed by atoms with E-state index in [0.717, 1.165) is 0 Å². The van der Waals surface area contributed by atoms with Gasteiger partial charge >= 0.3 is 0 Å². The fourth-order valence-electron chi connectivity index (χ4n) is 0. The lowest BCUT2D eigenvalue weighted by molar-refractivity contribution is 0.824. The summed E-state index contributed by atoms with van der Waals surface area (Å²) in [5.41, 5.74) is 2.25. The van der Waals surface area contributed by atoms with Crippen molar-refractivity contribution in [1.29, 1.82) is 0 Å². The molecule has 24 valence electrons. The van der Waals surface area contributed by atoms with E-state index in [1.165, 1.54) is 0 Å². The van der Waals surface area contributed by atoms with Crippen molar-refractivity contribution in [2.45, 2.75) is 0 Å². The van der Waals surface area contributed by atoms with Crippen LogP contribution in [0.5, 0.6) is 0 Å². The predicted molar refractivity (Wildman–Crippen MR) is 18.4 cm³/mol. The fraction of sp³-hybridized carbons (Fsp3) is 0. The van der Waals surface area contributed by atoms with Crippen molar-refractivity contribution in [3.8, 4) is 0 Å². The Labute approximate surface area is 25.6 Å². The molecule has 0 aromatic carbocycles. The minimum atomic E-state index is 0. The first-order valence-corrected chi connectivity index (χ1v) is 0.707. The van der Waals surface area contributed by atoms with Crippen LogP contribution in [0.15, 0.2) is 18.9 Å². The Balaban J connectivity index is 0. The maximum Gasteiger partial charge on any atom is -0.0572 e. The molecule has 0 aliphatic rings. The molecule has 0 saturated carbocycles. The van der Waals surface area contributed by atoms with E-state index in [1.54, 1.807) is 0 Å². The van der Waals surface area contributed by atoms with Gasteiger partial charge in [-0.05, 0) is 0 Å². The van der Waals surface area contributed by atoms with Crippen molar-refractivity contribution < 1.29 is 5.48 Å². The summed E-state index contributed by atoms with van der Waals surface area (Å²) in [7, 11) is 0. The summed E-state index contributed by atoms with van der Waals surface area (Å²) >= 11 is 0. The summed E-state index contributed by atoms with van der Waals surface area (Å²) in [5.74, 6) is 0. The van der Waals surface area contributed by atoms with Gasteiger partial charge in [-0.2, -0.15) is 0 Å². The van der Waals surface area contributed by atoms with Crippen molar-refractivity contribution in [3.05, 3.63) is 18.9 Å². The maximum absolute atomic E-state index is 3.12. The van der Waals surface area contributed by atoms with Crippen LogP contribution in [0.3, 0.4) is 0 Å². The normalized spacial score (nSPS) is 2.00. The molecule has 0 fully saturated rings. The van der Waals surface area contributed by atoms with Gasteiger partial charge < -0.3 is 5.48 Å². The summed E-state index contributed by atoms with van der Waals surface area (Å²) in [6, 6.07) is 0. The molecule has 0 radical (unpaired) electrons. The maximum atomic E-state index is 3.12. The topological polar surface area (TPSA) is 31.5 Å². The first-order chi connectivity index (χ1) is 1.41. The van der Waals surface area contributed by atoms with Gasteiger partial charge in [-0.15, -0.1) is 5.73 Å². The lowest BCUT2D eigenvalue weighted by atomic mass is 11.0. The highest BCUT2D eigenvalue weighted by molar-refractivity contribution is 4.51. The van der Waals surface area contributed by atoms with Crippen LogP contribution in [0.4, 0.5) is 0 Å². The van der Waals surface area contributed by atoms with Crippen molar-refractivity contribution in [3.63, 3.8) is 0 Å². The van der Waals surface area contributed by atoms with Crippen LogP contribution < -0.4 is 0 Å². The molecule has 0 unspecified atom stereocenters. The smallest absolute Gasteiger partial charge is 0.0572 e. The minimum absolute atomic E-state index is 0. The van der Waals surface area contributed by atoms with E-state index < -0.39 is 0 Å². The lowest BCUT2D eigenvalue weighted by Gasteiger charge is -1.10. The summed E-state index contributed by atoms with van der Waals surface area (Å²) in [5, 5.41) is 0. The van der Waals surface area contributed by atoms with E-state index in [0.29, 0.717) is 0 Å². The van der Waals surface area contributed by atoms with E-state index in [9.17, 15) is 0 Å². The van der Waals surface area contributed by atoms with Crippen LogP contribution in [0.25, 0.3) is 0 Å². The second-order valence-corrected chi connectivity index (χ2v) is 0.250. The molecule has 0 rings (SSSR count). The zero-order valence-corrected chi connectivity index (χ0v) is 2.41. The van der Waals surface area contributed by atoms with Gasteiger partial charge in [0.05, 0.1) is 0 Å². The number of hydrogen-bond donors (Lipinski definition) is 0. The van der Waals surface area contributed by atoms with Crippen molar-refractivity contribution >= 4 is 0 Å². The van der Waals surface area contributed by atoms with E-state index in [1.807, 2.05) is 0 Å². The second kappa shape index (κ2) is 23.6. The molecule has 4 heavy (non-hydrogen) atoms. The second-order valence-electron chi connectivity index (χ2n) is 0.250. The molecule has 0 spiro atoms. The van der Waals surface area contributed by atoms with Gasteiger partial charge in [0, 0.05) is 0 Å². The average molecular weight is 58.1 g/mol. The van der Waals surface area contributed by atoms with Gasteiger partial charge in [-0.1, -0.05) is 13.2 Å². The first-order valence-electron chi connectivity index (χ1n) is 0.707. The highest BCUT2D eigenvalue weighted by Gasteiger charge is 0.904. The summed E-state index contributed by atoms with van der Waals surface area (Å²) < 4.78 is 0. The van der Waals surface area contributed by atoms with Gasteiger partial charge in [0.15, 0.2) is 0 Å². The lowest BCUT2D eigenvalue weighted by Crippen LogP contribution is -0.844. The standard InChI is InChI=1S/C3H4.H2O/c1-3-2;/h1-2H2;1H2. The molecule has 0 aromatic heterocycles. The Morgan fingerprint density at radius 1 is 1.25 bits per heavy atom. The molecule has 1 heteroatoms. The van der Waals surface area contributed by atoms with Crippen LogP contribution >= 0.6 is 0 Å². The largest absolute Gasteiger partial charge is 0.412 e. The van der Waals surface area contributed by atoms with E-state index in [4.69, 9.17) is 0 Å². The van der Waals surface area contributed by atoms with Gasteiger partial charge in [-0.25, -0.2) is 0 Å². The molecule has 0 bridgehead atoms. The third-order valence-corrected chi connectivity index (χ3v) is 0. The molecule has 0 amide bonds. The van der Waals surface area contributed by atoms with Crippen LogP contribution in [0.1, 0.15) is 0 Å². The van der Waals surface area contributed by atoms with Gasteiger partial charge in [-0.3, -0.25) is 0 Å². The van der Waals surface area contributed by atoms with Crippen molar-refractivity contribution in [2.75, 3.05) is 0 Å². The van der Waals surface area contributed by atoms with Gasteiger partial charge in [0.25, 0.3) is 0 Å². The van der Waals surface area contributed by atoms with Gasteiger partial charge in [0.1, 0.15) is 0 Å². The van der Waals surface area contributed by atoms with Crippen molar-refractivity contribution in [1.82, 2.24) is 0 Å². The Kier molecular flexibility index (Phi) is 57.6. The quantitative estimate of drug-likeness (QED) is 0.355.